The maximum Gasteiger partial charge on any atom is 0.490 e. The van der Waals surface area contributed by atoms with E-state index in [2.05, 4.69) is 30.0 Å². The van der Waals surface area contributed by atoms with E-state index in [9.17, 15) is 23.1 Å². The summed E-state index contributed by atoms with van der Waals surface area (Å²) in [5.74, 6) is -2.74. The molecule has 0 aromatic heterocycles. The summed E-state index contributed by atoms with van der Waals surface area (Å²) in [5, 5.41) is 26.8. The number of aliphatic hydroxyl groups excluding tert-OH is 1. The summed E-state index contributed by atoms with van der Waals surface area (Å²) in [6.45, 7) is 8.29. The maximum atomic E-state index is 11.0. The average molecular weight is 511 g/mol. The minimum atomic E-state index is -5.08. The molecule has 1 unspecified atom stereocenters. The van der Waals surface area contributed by atoms with Crippen LogP contribution in [0.3, 0.4) is 0 Å². The predicted molar refractivity (Wildman–Crippen MR) is 125 cm³/mol. The Balaban J connectivity index is 0.000000454. The first-order valence-corrected chi connectivity index (χ1v) is 11.4. The number of benzene rings is 2. The quantitative estimate of drug-likeness (QED) is 0.539. The fourth-order valence-electron chi connectivity index (χ4n) is 4.64. The molecule has 36 heavy (non-hydrogen) atoms. The van der Waals surface area contributed by atoms with Crippen molar-refractivity contribution in [3.63, 3.8) is 0 Å². The highest BCUT2D eigenvalue weighted by atomic mass is 19.4. The zero-order chi connectivity index (χ0) is 26.7. The molecule has 2 aromatic carbocycles. The number of alkyl halides is 3. The molecule has 8 nitrogen and oxygen atoms in total. The Hall–Kier alpha value is -3.31. The van der Waals surface area contributed by atoms with Crippen molar-refractivity contribution in [1.29, 1.82) is 0 Å². The number of likely N-dealkylation sites (tertiary alicyclic amines) is 1. The van der Waals surface area contributed by atoms with Gasteiger partial charge in [-0.05, 0) is 55.3 Å². The van der Waals surface area contributed by atoms with Crippen LogP contribution in [0.15, 0.2) is 42.5 Å². The van der Waals surface area contributed by atoms with E-state index in [0.717, 1.165) is 49.6 Å². The largest absolute Gasteiger partial charge is 0.494 e. The van der Waals surface area contributed by atoms with E-state index in [-0.39, 0.29) is 11.0 Å². The number of halogens is 3. The summed E-state index contributed by atoms with van der Waals surface area (Å²) in [7, 11) is 0. The molecule has 4 rings (SSSR count). The molecule has 196 valence electrons. The number of carboxylic acid groups (broad SMARTS) is 2. The van der Waals surface area contributed by atoms with E-state index in [1.54, 1.807) is 24.3 Å². The number of aliphatic hydroxyl groups is 1. The first-order chi connectivity index (χ1) is 16.8. The lowest BCUT2D eigenvalue weighted by Crippen LogP contribution is -2.56. The van der Waals surface area contributed by atoms with Crippen LogP contribution in [-0.4, -0.2) is 70.8 Å². The molecule has 2 aromatic rings. The number of aryl methyl sites for hydroxylation is 1. The number of nitrogens with zero attached hydrogens (tertiary/aromatic N) is 2. The van der Waals surface area contributed by atoms with Gasteiger partial charge in [0.15, 0.2) is 0 Å². The Kier molecular flexibility index (Phi) is 8.15. The van der Waals surface area contributed by atoms with Crippen molar-refractivity contribution in [3.8, 4) is 5.75 Å². The highest BCUT2D eigenvalue weighted by Crippen LogP contribution is 2.44. The van der Waals surface area contributed by atoms with E-state index < -0.39 is 24.3 Å². The molecular formula is C25H29F3N2O6. The van der Waals surface area contributed by atoms with Crippen LogP contribution in [-0.2, 0) is 11.3 Å². The van der Waals surface area contributed by atoms with Gasteiger partial charge in [-0.1, -0.05) is 12.1 Å². The van der Waals surface area contributed by atoms with Crippen LogP contribution < -0.4 is 9.64 Å². The fraction of sp³-hybridized carbons (Fsp3) is 0.440. The van der Waals surface area contributed by atoms with E-state index in [0.29, 0.717) is 6.61 Å². The number of anilines is 1. The molecule has 2 saturated heterocycles. The summed E-state index contributed by atoms with van der Waals surface area (Å²) in [4.78, 5) is 24.3. The SMILES string of the molecule is CCOc1cc(CN2CC3(CC(O)N(c4ccc(C(=O)O)cc4)C3)C2)ccc1C.O=C(O)C(F)(F)F. The number of rotatable bonds is 6. The predicted octanol–water partition coefficient (Wildman–Crippen LogP) is 3.76. The van der Waals surface area contributed by atoms with Gasteiger partial charge in [0, 0.05) is 43.7 Å². The van der Waals surface area contributed by atoms with Gasteiger partial charge in [-0.3, -0.25) is 4.90 Å². The zero-order valence-electron chi connectivity index (χ0n) is 20.0. The van der Waals surface area contributed by atoms with Gasteiger partial charge in [0.2, 0.25) is 0 Å². The highest BCUT2D eigenvalue weighted by molar-refractivity contribution is 5.88. The Morgan fingerprint density at radius 2 is 1.69 bits per heavy atom. The molecule has 0 aliphatic carbocycles. The van der Waals surface area contributed by atoms with Crippen LogP contribution >= 0.6 is 0 Å². The van der Waals surface area contributed by atoms with E-state index >= 15 is 0 Å². The Morgan fingerprint density at radius 1 is 1.08 bits per heavy atom. The second kappa shape index (κ2) is 10.8. The monoisotopic (exact) mass is 510 g/mol. The van der Waals surface area contributed by atoms with Crippen molar-refractivity contribution in [1.82, 2.24) is 4.90 Å². The average Bonchev–Trinajstić information content (AvgIpc) is 3.13. The molecule has 0 saturated carbocycles. The van der Waals surface area contributed by atoms with Crippen LogP contribution in [0, 0.1) is 12.3 Å². The Bertz CT molecular complexity index is 1080. The summed E-state index contributed by atoms with van der Waals surface area (Å²) >= 11 is 0. The lowest BCUT2D eigenvalue weighted by molar-refractivity contribution is -0.192. The van der Waals surface area contributed by atoms with Crippen molar-refractivity contribution in [2.24, 2.45) is 5.41 Å². The number of carbonyl (C=O) groups is 2. The minimum Gasteiger partial charge on any atom is -0.494 e. The third-order valence-electron chi connectivity index (χ3n) is 6.25. The van der Waals surface area contributed by atoms with Gasteiger partial charge >= 0.3 is 18.1 Å². The molecule has 11 heteroatoms. The van der Waals surface area contributed by atoms with Crippen LogP contribution in [0.4, 0.5) is 18.9 Å². The number of aliphatic carboxylic acids is 1. The summed E-state index contributed by atoms with van der Waals surface area (Å²) in [6.07, 6.45) is -4.88. The first-order valence-electron chi connectivity index (χ1n) is 11.4. The standard InChI is InChI=1S/C23H28N2O4.C2HF3O2/c1-3-29-20-10-17(5-4-16(20)2)12-24-13-23(14-24)11-21(26)25(15-23)19-8-6-18(7-9-19)22(27)28;3-2(4,5)1(6)7/h4-10,21,26H,3,11-15H2,1-2H3,(H,27,28);(H,6,7). The number of ether oxygens (including phenoxy) is 1. The van der Waals surface area contributed by atoms with Crippen LogP contribution in [0.5, 0.6) is 5.75 Å². The van der Waals surface area contributed by atoms with Gasteiger partial charge in [0.25, 0.3) is 0 Å². The van der Waals surface area contributed by atoms with Gasteiger partial charge in [-0.2, -0.15) is 13.2 Å². The minimum absolute atomic E-state index is 0.0956. The van der Waals surface area contributed by atoms with Crippen molar-refractivity contribution in [2.75, 3.05) is 31.1 Å². The van der Waals surface area contributed by atoms with Crippen molar-refractivity contribution < 1.29 is 42.8 Å². The van der Waals surface area contributed by atoms with E-state index in [1.807, 2.05) is 11.8 Å². The molecule has 2 heterocycles. The number of aromatic carboxylic acids is 1. The normalized spacial score (nSPS) is 18.8. The lowest BCUT2D eigenvalue weighted by atomic mass is 9.78. The van der Waals surface area contributed by atoms with Gasteiger partial charge in [0.05, 0.1) is 12.2 Å². The summed E-state index contributed by atoms with van der Waals surface area (Å²) in [5.41, 5.74) is 3.63. The van der Waals surface area contributed by atoms with Crippen LogP contribution in [0.25, 0.3) is 0 Å². The number of hydrogen-bond acceptors (Lipinski definition) is 6. The molecule has 2 aliphatic rings. The van der Waals surface area contributed by atoms with Gasteiger partial charge in [-0.25, -0.2) is 9.59 Å². The summed E-state index contributed by atoms with van der Waals surface area (Å²) in [6, 6.07) is 13.1. The van der Waals surface area contributed by atoms with E-state index in [4.69, 9.17) is 19.7 Å². The second-order valence-corrected chi connectivity index (χ2v) is 9.15. The lowest BCUT2D eigenvalue weighted by Gasteiger charge is -2.48. The van der Waals surface area contributed by atoms with Crippen molar-refractivity contribution >= 4 is 17.6 Å². The summed E-state index contributed by atoms with van der Waals surface area (Å²) < 4.78 is 37.4. The molecule has 1 spiro atoms. The molecule has 0 radical (unpaired) electrons. The molecular weight excluding hydrogens is 481 g/mol. The van der Waals surface area contributed by atoms with Gasteiger partial charge in [-0.15, -0.1) is 0 Å². The van der Waals surface area contributed by atoms with E-state index in [1.165, 1.54) is 5.56 Å². The van der Waals surface area contributed by atoms with Gasteiger partial charge in [0.1, 0.15) is 12.0 Å². The van der Waals surface area contributed by atoms with Crippen LogP contribution in [0.2, 0.25) is 0 Å². The Morgan fingerprint density at radius 3 is 2.22 bits per heavy atom. The number of hydrogen-bond donors (Lipinski definition) is 3. The zero-order valence-corrected chi connectivity index (χ0v) is 20.0. The molecule has 0 amide bonds. The molecule has 2 fully saturated rings. The van der Waals surface area contributed by atoms with Crippen molar-refractivity contribution in [2.45, 2.75) is 39.2 Å². The second-order valence-electron chi connectivity index (χ2n) is 9.15. The third-order valence-corrected chi connectivity index (χ3v) is 6.25. The molecule has 3 N–H and O–H groups in total. The topological polar surface area (TPSA) is 111 Å². The number of carboxylic acids is 2. The van der Waals surface area contributed by atoms with Crippen LogP contribution in [0.1, 0.15) is 34.8 Å². The molecule has 0 bridgehead atoms. The first kappa shape index (κ1) is 27.3. The fourth-order valence-corrected chi connectivity index (χ4v) is 4.64. The third kappa shape index (κ3) is 6.46. The maximum absolute atomic E-state index is 11.0. The molecule has 1 atom stereocenters. The smallest absolute Gasteiger partial charge is 0.490 e. The molecule has 2 aliphatic heterocycles. The van der Waals surface area contributed by atoms with Gasteiger partial charge < -0.3 is 25.0 Å². The van der Waals surface area contributed by atoms with Crippen molar-refractivity contribution in [3.05, 3.63) is 59.2 Å². The highest BCUT2D eigenvalue weighted by Gasteiger charge is 2.51. The Labute approximate surface area is 206 Å².